The van der Waals surface area contributed by atoms with Crippen molar-refractivity contribution in [3.05, 3.63) is 41.6 Å². The van der Waals surface area contributed by atoms with Crippen molar-refractivity contribution in [3.63, 3.8) is 0 Å². The Bertz CT molecular complexity index is 671. The van der Waals surface area contributed by atoms with E-state index in [-0.39, 0.29) is 12.0 Å². The van der Waals surface area contributed by atoms with Crippen molar-refractivity contribution in [1.29, 1.82) is 0 Å². The van der Waals surface area contributed by atoms with Gasteiger partial charge in [-0.05, 0) is 36.2 Å². The summed E-state index contributed by atoms with van der Waals surface area (Å²) in [5, 5.41) is 0. The topological polar surface area (TPSA) is 57.2 Å². The van der Waals surface area contributed by atoms with Crippen LogP contribution in [0, 0.1) is 0 Å². The molecule has 0 bridgehead atoms. The maximum atomic E-state index is 11.1. The second kappa shape index (κ2) is 4.80. The molecule has 3 rings (SSSR count). The van der Waals surface area contributed by atoms with Crippen molar-refractivity contribution in [1.82, 2.24) is 4.57 Å². The molecule has 1 unspecified atom stereocenters. The number of nitrogens with two attached hydrogens (primary N) is 1. The lowest BCUT2D eigenvalue weighted by atomic mass is 10.1. The predicted octanol–water partition coefficient (Wildman–Crippen LogP) is 2.33. The fourth-order valence-electron chi connectivity index (χ4n) is 2.82. The molecule has 0 amide bonds. The Kier molecular flexibility index (Phi) is 3.10. The lowest BCUT2D eigenvalue weighted by Gasteiger charge is -2.12. The van der Waals surface area contributed by atoms with Gasteiger partial charge in [0.05, 0.1) is 5.69 Å². The zero-order chi connectivity index (χ0) is 14.3. The van der Waals surface area contributed by atoms with Gasteiger partial charge >= 0.3 is 5.97 Å². The van der Waals surface area contributed by atoms with E-state index >= 15 is 0 Å². The van der Waals surface area contributed by atoms with Crippen molar-refractivity contribution in [2.75, 3.05) is 0 Å². The zero-order valence-corrected chi connectivity index (χ0v) is 11.7. The molecule has 2 N–H and O–H groups in total. The predicted molar refractivity (Wildman–Crippen MR) is 77.6 cm³/mol. The Morgan fingerprint density at radius 3 is 2.90 bits per heavy atom. The van der Waals surface area contributed by atoms with Crippen LogP contribution in [-0.4, -0.2) is 16.6 Å². The van der Waals surface area contributed by atoms with Crippen molar-refractivity contribution in [3.8, 4) is 17.0 Å². The number of fused-ring (bicyclic) bond motifs is 3. The highest BCUT2D eigenvalue weighted by atomic mass is 16.5. The summed E-state index contributed by atoms with van der Waals surface area (Å²) < 4.78 is 7.36. The quantitative estimate of drug-likeness (QED) is 0.587. The molecule has 4 nitrogen and oxygen atoms in total. The first kappa shape index (κ1) is 12.9. The smallest absolute Gasteiger partial charge is 0.308 e. The van der Waals surface area contributed by atoms with Crippen LogP contribution in [-0.2, 0) is 17.8 Å². The lowest BCUT2D eigenvalue weighted by molar-refractivity contribution is -0.131. The molecule has 2 aromatic rings. The number of benzene rings is 1. The van der Waals surface area contributed by atoms with Crippen LogP contribution in [0.3, 0.4) is 0 Å². The zero-order valence-electron chi connectivity index (χ0n) is 11.7. The first-order valence-electron chi connectivity index (χ1n) is 6.80. The summed E-state index contributed by atoms with van der Waals surface area (Å²) in [6.07, 6.45) is 3.01. The van der Waals surface area contributed by atoms with Crippen LogP contribution in [0.1, 0.15) is 25.0 Å². The molecule has 0 saturated heterocycles. The van der Waals surface area contributed by atoms with E-state index in [0.29, 0.717) is 5.75 Å². The number of nitrogens with zero attached hydrogens (tertiary/aromatic N) is 1. The summed E-state index contributed by atoms with van der Waals surface area (Å²) in [7, 11) is 0. The Morgan fingerprint density at radius 1 is 1.40 bits per heavy atom. The average Bonchev–Trinajstić information content (AvgIpc) is 2.88. The number of carbonyl (C=O) groups is 1. The minimum absolute atomic E-state index is 0.104. The van der Waals surface area contributed by atoms with E-state index in [1.165, 1.54) is 23.7 Å². The second-order valence-electron chi connectivity index (χ2n) is 5.41. The fourth-order valence-corrected chi connectivity index (χ4v) is 2.82. The third kappa shape index (κ3) is 2.23. The number of ether oxygens (including phenoxy) is 1. The highest BCUT2D eigenvalue weighted by Gasteiger charge is 2.23. The summed E-state index contributed by atoms with van der Waals surface area (Å²) in [5.74, 6) is 0.298. The van der Waals surface area contributed by atoms with Crippen molar-refractivity contribution in [2.45, 2.75) is 32.9 Å². The lowest BCUT2D eigenvalue weighted by Crippen LogP contribution is -2.22. The molecule has 1 heterocycles. The highest BCUT2D eigenvalue weighted by Crippen LogP contribution is 2.39. The molecular formula is C16H18N2O2. The van der Waals surface area contributed by atoms with Crippen molar-refractivity contribution in [2.24, 2.45) is 5.73 Å². The molecule has 1 aliphatic rings. The van der Waals surface area contributed by atoms with Gasteiger partial charge in [-0.15, -0.1) is 0 Å². The summed E-state index contributed by atoms with van der Waals surface area (Å²) in [4.78, 5) is 11.1. The number of esters is 1. The van der Waals surface area contributed by atoms with Crippen LogP contribution in [0.4, 0.5) is 0 Å². The normalized spacial score (nSPS) is 13.8. The van der Waals surface area contributed by atoms with Gasteiger partial charge in [0.2, 0.25) is 0 Å². The number of aromatic nitrogens is 1. The van der Waals surface area contributed by atoms with Gasteiger partial charge in [0.15, 0.2) is 0 Å². The largest absolute Gasteiger partial charge is 0.427 e. The van der Waals surface area contributed by atoms with Gasteiger partial charge < -0.3 is 15.0 Å². The van der Waals surface area contributed by atoms with Crippen molar-refractivity contribution < 1.29 is 9.53 Å². The minimum atomic E-state index is -0.297. The molecule has 0 aliphatic heterocycles. The molecule has 1 aromatic carbocycles. The molecule has 1 aromatic heterocycles. The van der Waals surface area contributed by atoms with E-state index < -0.39 is 0 Å². The van der Waals surface area contributed by atoms with E-state index in [0.717, 1.165) is 18.5 Å². The Balaban J connectivity index is 2.02. The van der Waals surface area contributed by atoms with Crippen LogP contribution < -0.4 is 10.5 Å². The average molecular weight is 270 g/mol. The van der Waals surface area contributed by atoms with Gasteiger partial charge in [-0.3, -0.25) is 4.79 Å². The molecule has 1 atom stereocenters. The van der Waals surface area contributed by atoms with Gasteiger partial charge in [-0.1, -0.05) is 6.07 Å². The number of rotatable bonds is 3. The third-order valence-corrected chi connectivity index (χ3v) is 3.51. The molecule has 0 fully saturated rings. The molecule has 1 aliphatic carbocycles. The Morgan fingerprint density at radius 2 is 2.20 bits per heavy atom. The van der Waals surface area contributed by atoms with Crippen LogP contribution in [0.15, 0.2) is 30.5 Å². The first-order valence-corrected chi connectivity index (χ1v) is 6.80. The minimum Gasteiger partial charge on any atom is -0.427 e. The fraction of sp³-hybridized carbons (Fsp3) is 0.312. The third-order valence-electron chi connectivity index (χ3n) is 3.51. The maximum absolute atomic E-state index is 11.1. The van der Waals surface area contributed by atoms with Crippen LogP contribution in [0.2, 0.25) is 0 Å². The van der Waals surface area contributed by atoms with E-state index in [1.807, 2.05) is 25.1 Å². The number of hydrogen-bond acceptors (Lipinski definition) is 3. The van der Waals surface area contributed by atoms with Gasteiger partial charge in [0.25, 0.3) is 0 Å². The van der Waals surface area contributed by atoms with E-state index in [4.69, 9.17) is 10.5 Å². The Labute approximate surface area is 118 Å². The van der Waals surface area contributed by atoms with Crippen LogP contribution >= 0.6 is 0 Å². The summed E-state index contributed by atoms with van der Waals surface area (Å²) in [6.45, 7) is 4.20. The molecule has 104 valence electrons. The second-order valence-corrected chi connectivity index (χ2v) is 5.41. The number of hydrogen-bond donors (Lipinski definition) is 1. The first-order chi connectivity index (χ1) is 9.54. The van der Waals surface area contributed by atoms with Gasteiger partial charge in [-0.25, -0.2) is 0 Å². The van der Waals surface area contributed by atoms with Crippen molar-refractivity contribution >= 4 is 5.97 Å². The molecule has 0 radical (unpaired) electrons. The molecule has 0 saturated carbocycles. The highest BCUT2D eigenvalue weighted by molar-refractivity contribution is 5.77. The number of carbonyl (C=O) groups excluding carboxylic acids is 1. The molecule has 0 spiro atoms. The van der Waals surface area contributed by atoms with Crippen LogP contribution in [0.25, 0.3) is 11.3 Å². The van der Waals surface area contributed by atoms with Gasteiger partial charge in [0.1, 0.15) is 5.75 Å². The molecular weight excluding hydrogens is 252 g/mol. The van der Waals surface area contributed by atoms with Gasteiger partial charge in [0, 0.05) is 37.7 Å². The molecule has 4 heteroatoms. The van der Waals surface area contributed by atoms with Gasteiger partial charge in [-0.2, -0.15) is 0 Å². The van der Waals surface area contributed by atoms with E-state index in [2.05, 4.69) is 16.8 Å². The Hall–Kier alpha value is -2.07. The standard InChI is InChI=1S/C16H18N2O2/c1-10(17)9-18-6-5-13-7-12-3-4-14(20-11(2)19)8-15(12)16(13)18/h3-6,8,10H,7,9,17H2,1-2H3. The SMILES string of the molecule is CC(=O)Oc1ccc2c(c1)-c1c(ccn1CC(C)N)C2. The summed E-state index contributed by atoms with van der Waals surface area (Å²) in [5.41, 5.74) is 10.8. The maximum Gasteiger partial charge on any atom is 0.308 e. The van der Waals surface area contributed by atoms with Crippen LogP contribution in [0.5, 0.6) is 5.75 Å². The monoisotopic (exact) mass is 270 g/mol. The van der Waals surface area contributed by atoms with E-state index in [1.54, 1.807) is 0 Å². The summed E-state index contributed by atoms with van der Waals surface area (Å²) >= 11 is 0. The summed E-state index contributed by atoms with van der Waals surface area (Å²) in [6, 6.07) is 8.07. The van der Waals surface area contributed by atoms with E-state index in [9.17, 15) is 4.79 Å². The molecule has 20 heavy (non-hydrogen) atoms.